The number of nitrogens with one attached hydrogen (secondary N) is 1. The number of guanidine groups is 1. The molecule has 2 aromatic carbocycles. The first-order chi connectivity index (χ1) is 13.1. The molecule has 1 aliphatic rings. The van der Waals surface area contributed by atoms with Crippen molar-refractivity contribution < 1.29 is 0 Å². The van der Waals surface area contributed by atoms with Crippen molar-refractivity contribution in [2.75, 3.05) is 24.3 Å². The Morgan fingerprint density at radius 1 is 1.11 bits per heavy atom. The number of hydrogen-bond acceptors (Lipinski definition) is 3. The first-order valence-corrected chi connectivity index (χ1v) is 9.35. The van der Waals surface area contributed by atoms with Crippen molar-refractivity contribution in [2.24, 2.45) is 10.7 Å². The number of fused-ring (bicyclic) bond motifs is 2. The van der Waals surface area contributed by atoms with Crippen LogP contribution in [0.1, 0.15) is 23.1 Å². The summed E-state index contributed by atoms with van der Waals surface area (Å²) >= 11 is 0. The van der Waals surface area contributed by atoms with E-state index in [1.54, 1.807) is 0 Å². The standard InChI is InChI=1S/C22H25N5/c1-27(2)21-13-17(19-8-3-4-9-20(19)26-21)14-24-22(23)25-18-11-10-15-6-5-7-16(15)12-18/h3-4,8-13H,5-7,14H2,1-2H3,(H3,23,24,25). The Labute approximate surface area is 159 Å². The van der Waals surface area contributed by atoms with Gasteiger partial charge in [0.25, 0.3) is 0 Å². The highest BCUT2D eigenvalue weighted by Gasteiger charge is 2.11. The molecule has 27 heavy (non-hydrogen) atoms. The number of aliphatic imine (C=N–C) groups is 1. The van der Waals surface area contributed by atoms with Gasteiger partial charge in [-0.1, -0.05) is 24.3 Å². The van der Waals surface area contributed by atoms with Crippen molar-refractivity contribution >= 4 is 28.4 Å². The Kier molecular flexibility index (Phi) is 4.67. The van der Waals surface area contributed by atoms with E-state index in [-0.39, 0.29) is 0 Å². The molecule has 1 heterocycles. The normalized spacial score (nSPS) is 13.6. The monoisotopic (exact) mass is 359 g/mol. The van der Waals surface area contributed by atoms with Crippen LogP contribution in [0.25, 0.3) is 10.9 Å². The van der Waals surface area contributed by atoms with Gasteiger partial charge in [-0.25, -0.2) is 9.98 Å². The van der Waals surface area contributed by atoms with E-state index in [2.05, 4.69) is 40.6 Å². The fraction of sp³-hybridized carbons (Fsp3) is 0.273. The summed E-state index contributed by atoms with van der Waals surface area (Å²) < 4.78 is 0. The van der Waals surface area contributed by atoms with Gasteiger partial charge in [-0.3, -0.25) is 0 Å². The highest BCUT2D eigenvalue weighted by molar-refractivity contribution is 5.92. The zero-order valence-electron chi connectivity index (χ0n) is 15.9. The molecular formula is C22H25N5. The summed E-state index contributed by atoms with van der Waals surface area (Å²) in [5.74, 6) is 1.35. The minimum absolute atomic E-state index is 0.431. The lowest BCUT2D eigenvalue weighted by Gasteiger charge is -2.14. The Bertz CT molecular complexity index is 1010. The van der Waals surface area contributed by atoms with Crippen molar-refractivity contribution in [3.8, 4) is 0 Å². The van der Waals surface area contributed by atoms with Gasteiger partial charge in [-0.15, -0.1) is 0 Å². The van der Waals surface area contributed by atoms with Crippen molar-refractivity contribution in [1.29, 1.82) is 0 Å². The van der Waals surface area contributed by atoms with Gasteiger partial charge in [-0.2, -0.15) is 0 Å². The van der Waals surface area contributed by atoms with Crippen LogP contribution in [-0.2, 0) is 19.4 Å². The van der Waals surface area contributed by atoms with E-state index < -0.39 is 0 Å². The van der Waals surface area contributed by atoms with Gasteiger partial charge in [0.15, 0.2) is 5.96 Å². The van der Waals surface area contributed by atoms with Gasteiger partial charge in [0.1, 0.15) is 5.82 Å². The molecule has 0 amide bonds. The molecule has 0 fully saturated rings. The lowest BCUT2D eigenvalue weighted by atomic mass is 10.1. The second-order valence-corrected chi connectivity index (χ2v) is 7.21. The summed E-state index contributed by atoms with van der Waals surface area (Å²) in [4.78, 5) is 11.3. The third-order valence-electron chi connectivity index (χ3n) is 5.04. The fourth-order valence-corrected chi connectivity index (χ4v) is 3.60. The molecule has 5 nitrogen and oxygen atoms in total. The van der Waals surface area contributed by atoms with E-state index >= 15 is 0 Å². The third-order valence-corrected chi connectivity index (χ3v) is 5.04. The fourth-order valence-electron chi connectivity index (χ4n) is 3.60. The molecular weight excluding hydrogens is 334 g/mol. The Morgan fingerprint density at radius 2 is 1.93 bits per heavy atom. The van der Waals surface area contributed by atoms with Crippen molar-refractivity contribution in [1.82, 2.24) is 4.98 Å². The molecule has 3 N–H and O–H groups in total. The highest BCUT2D eigenvalue weighted by Crippen LogP contribution is 2.25. The van der Waals surface area contributed by atoms with Crippen molar-refractivity contribution in [3.05, 3.63) is 65.2 Å². The van der Waals surface area contributed by atoms with Crippen LogP contribution in [0.2, 0.25) is 0 Å². The number of rotatable bonds is 4. The zero-order valence-corrected chi connectivity index (χ0v) is 15.9. The second kappa shape index (κ2) is 7.27. The Morgan fingerprint density at radius 3 is 2.78 bits per heavy atom. The zero-order chi connectivity index (χ0) is 18.8. The molecule has 0 atom stereocenters. The smallest absolute Gasteiger partial charge is 0.193 e. The third kappa shape index (κ3) is 3.72. The van der Waals surface area contributed by atoms with E-state index in [1.807, 2.05) is 37.2 Å². The average Bonchev–Trinajstić information content (AvgIpc) is 3.13. The van der Waals surface area contributed by atoms with Crippen LogP contribution >= 0.6 is 0 Å². The molecule has 0 saturated heterocycles. The molecule has 0 radical (unpaired) electrons. The minimum Gasteiger partial charge on any atom is -0.370 e. The largest absolute Gasteiger partial charge is 0.370 e. The molecule has 1 aliphatic carbocycles. The van der Waals surface area contributed by atoms with E-state index in [0.29, 0.717) is 12.5 Å². The molecule has 0 saturated carbocycles. The molecule has 0 unspecified atom stereocenters. The quantitative estimate of drug-likeness (QED) is 0.550. The van der Waals surface area contributed by atoms with Gasteiger partial charge in [-0.05, 0) is 60.2 Å². The number of aryl methyl sites for hydroxylation is 2. The van der Waals surface area contributed by atoms with Gasteiger partial charge in [0, 0.05) is 25.2 Å². The summed E-state index contributed by atoms with van der Waals surface area (Å²) in [5, 5.41) is 4.34. The second-order valence-electron chi connectivity index (χ2n) is 7.21. The first kappa shape index (κ1) is 17.3. The summed E-state index contributed by atoms with van der Waals surface area (Å²) in [6, 6.07) is 16.7. The number of pyridine rings is 1. The number of aromatic nitrogens is 1. The minimum atomic E-state index is 0.431. The number of para-hydroxylation sites is 1. The molecule has 3 aromatic rings. The highest BCUT2D eigenvalue weighted by atomic mass is 15.1. The van der Waals surface area contributed by atoms with E-state index in [1.165, 1.54) is 24.0 Å². The van der Waals surface area contributed by atoms with Gasteiger partial charge < -0.3 is 16.0 Å². The van der Waals surface area contributed by atoms with Crippen LogP contribution < -0.4 is 16.0 Å². The van der Waals surface area contributed by atoms with E-state index in [0.717, 1.165) is 34.4 Å². The first-order valence-electron chi connectivity index (χ1n) is 9.35. The average molecular weight is 359 g/mol. The molecule has 0 spiro atoms. The SMILES string of the molecule is CN(C)c1cc(CN=C(N)Nc2ccc3c(c2)CCC3)c2ccccc2n1. The number of anilines is 2. The lowest BCUT2D eigenvalue weighted by Crippen LogP contribution is -2.22. The summed E-state index contributed by atoms with van der Waals surface area (Å²) in [6.45, 7) is 0.508. The predicted octanol–water partition coefficient (Wildman–Crippen LogP) is 3.72. The van der Waals surface area contributed by atoms with E-state index in [4.69, 9.17) is 10.7 Å². The van der Waals surface area contributed by atoms with Gasteiger partial charge in [0.05, 0.1) is 12.1 Å². The summed E-state index contributed by atoms with van der Waals surface area (Å²) in [5.41, 5.74) is 12.1. The Hall–Kier alpha value is -3.08. The Balaban J connectivity index is 1.56. The van der Waals surface area contributed by atoms with Crippen LogP contribution in [0.15, 0.2) is 53.5 Å². The molecule has 0 bridgehead atoms. The van der Waals surface area contributed by atoms with Crippen LogP contribution in [0.5, 0.6) is 0 Å². The van der Waals surface area contributed by atoms with Gasteiger partial charge >= 0.3 is 0 Å². The van der Waals surface area contributed by atoms with Crippen molar-refractivity contribution in [2.45, 2.75) is 25.8 Å². The molecule has 5 heteroatoms. The van der Waals surface area contributed by atoms with Gasteiger partial charge in [0.2, 0.25) is 0 Å². The summed E-state index contributed by atoms with van der Waals surface area (Å²) in [7, 11) is 3.99. The van der Waals surface area contributed by atoms with Crippen molar-refractivity contribution in [3.63, 3.8) is 0 Å². The molecule has 0 aliphatic heterocycles. The topological polar surface area (TPSA) is 66.5 Å². The van der Waals surface area contributed by atoms with E-state index in [9.17, 15) is 0 Å². The summed E-state index contributed by atoms with van der Waals surface area (Å²) in [6.07, 6.45) is 3.58. The van der Waals surface area contributed by atoms with Crippen LogP contribution in [0.4, 0.5) is 11.5 Å². The number of nitrogens with zero attached hydrogens (tertiary/aromatic N) is 3. The maximum atomic E-state index is 6.15. The van der Waals surface area contributed by atoms with Crippen LogP contribution in [0.3, 0.4) is 0 Å². The molecule has 1 aromatic heterocycles. The lowest BCUT2D eigenvalue weighted by molar-refractivity contribution is 0.912. The predicted molar refractivity (Wildman–Crippen MR) is 113 cm³/mol. The molecule has 138 valence electrons. The maximum absolute atomic E-state index is 6.15. The van der Waals surface area contributed by atoms with Crippen LogP contribution in [0, 0.1) is 0 Å². The maximum Gasteiger partial charge on any atom is 0.193 e. The number of nitrogens with two attached hydrogens (primary N) is 1. The number of hydrogen-bond donors (Lipinski definition) is 2. The van der Waals surface area contributed by atoms with Crippen LogP contribution in [-0.4, -0.2) is 25.0 Å². The molecule has 4 rings (SSSR count). The number of benzene rings is 2.